The molecule has 0 aliphatic heterocycles. The van der Waals surface area contributed by atoms with Gasteiger partial charge in [0.2, 0.25) is 5.91 Å². The molecular weight excluding hydrogens is 332 g/mol. The Balaban J connectivity index is 1.64. The summed E-state index contributed by atoms with van der Waals surface area (Å²) < 4.78 is 10.3. The molecule has 0 radical (unpaired) electrons. The average molecular weight is 350 g/mol. The Morgan fingerprint density at radius 2 is 1.73 bits per heavy atom. The predicted molar refractivity (Wildman–Crippen MR) is 98.4 cm³/mol. The number of anilines is 2. The van der Waals surface area contributed by atoms with Gasteiger partial charge in [0, 0.05) is 16.9 Å². The van der Waals surface area contributed by atoms with Gasteiger partial charge < -0.3 is 19.8 Å². The summed E-state index contributed by atoms with van der Waals surface area (Å²) in [6.07, 6.45) is 1.62. The number of carbonyl (C=O) groups excluding carboxylic acids is 2. The Labute approximate surface area is 150 Å². The van der Waals surface area contributed by atoms with Gasteiger partial charge in [-0.15, -0.1) is 0 Å². The first-order valence-corrected chi connectivity index (χ1v) is 8.02. The predicted octanol–water partition coefficient (Wildman–Crippen LogP) is 3.72. The lowest BCUT2D eigenvalue weighted by Gasteiger charge is -2.10. The Morgan fingerprint density at radius 3 is 2.46 bits per heavy atom. The normalized spacial score (nSPS) is 10.2. The molecule has 3 aromatic rings. The molecule has 0 spiro atoms. The number of amides is 2. The molecule has 0 fully saturated rings. The first-order chi connectivity index (χ1) is 12.7. The second kappa shape index (κ2) is 8.02. The number of hydrogen-bond acceptors (Lipinski definition) is 4. The minimum Gasteiger partial charge on any atom is -0.496 e. The van der Waals surface area contributed by atoms with Gasteiger partial charge >= 0.3 is 0 Å². The van der Waals surface area contributed by atoms with Crippen LogP contribution in [0.5, 0.6) is 5.75 Å². The molecule has 2 aromatic carbocycles. The number of hydrogen-bond donors (Lipinski definition) is 2. The first kappa shape index (κ1) is 17.3. The molecular formula is C20H18N2O4. The average Bonchev–Trinajstić information content (AvgIpc) is 3.17. The van der Waals surface area contributed by atoms with Crippen molar-refractivity contribution in [3.8, 4) is 5.75 Å². The summed E-state index contributed by atoms with van der Waals surface area (Å²) >= 11 is 0. The molecule has 26 heavy (non-hydrogen) atoms. The number of carbonyl (C=O) groups is 2. The molecule has 6 heteroatoms. The smallest absolute Gasteiger partial charge is 0.291 e. The highest BCUT2D eigenvalue weighted by atomic mass is 16.5. The van der Waals surface area contributed by atoms with E-state index in [1.807, 2.05) is 24.3 Å². The molecule has 3 rings (SSSR count). The zero-order valence-corrected chi connectivity index (χ0v) is 14.2. The van der Waals surface area contributed by atoms with Crippen molar-refractivity contribution in [2.45, 2.75) is 6.42 Å². The maximum Gasteiger partial charge on any atom is 0.291 e. The Hall–Kier alpha value is -3.54. The van der Waals surface area contributed by atoms with Gasteiger partial charge in [0.05, 0.1) is 19.8 Å². The zero-order chi connectivity index (χ0) is 18.4. The molecule has 2 amide bonds. The Kier molecular flexibility index (Phi) is 5.34. The summed E-state index contributed by atoms with van der Waals surface area (Å²) in [4.78, 5) is 24.3. The number of ether oxygens (including phenoxy) is 1. The van der Waals surface area contributed by atoms with Crippen molar-refractivity contribution in [2.24, 2.45) is 0 Å². The van der Waals surface area contributed by atoms with Crippen LogP contribution in [0.15, 0.2) is 71.3 Å². The largest absolute Gasteiger partial charge is 0.496 e. The van der Waals surface area contributed by atoms with Crippen LogP contribution in [0.2, 0.25) is 0 Å². The highest BCUT2D eigenvalue weighted by Crippen LogP contribution is 2.20. The van der Waals surface area contributed by atoms with Crippen molar-refractivity contribution in [2.75, 3.05) is 17.7 Å². The third-order valence-electron chi connectivity index (χ3n) is 3.69. The monoisotopic (exact) mass is 350 g/mol. The fourth-order valence-electron chi connectivity index (χ4n) is 2.50. The van der Waals surface area contributed by atoms with E-state index in [1.54, 1.807) is 43.5 Å². The van der Waals surface area contributed by atoms with E-state index in [2.05, 4.69) is 10.6 Å². The summed E-state index contributed by atoms with van der Waals surface area (Å²) in [6, 6.07) is 17.5. The molecule has 0 unspecified atom stereocenters. The van der Waals surface area contributed by atoms with Crippen molar-refractivity contribution in [1.82, 2.24) is 0 Å². The van der Waals surface area contributed by atoms with Crippen molar-refractivity contribution in [1.29, 1.82) is 0 Å². The standard InChI is InChI=1S/C20H18N2O4/c1-25-17-9-3-2-6-14(17)12-19(23)21-15-7-4-8-16(13-15)22-20(24)18-10-5-11-26-18/h2-11,13H,12H2,1H3,(H,21,23)(H,22,24). The van der Waals surface area contributed by atoms with Gasteiger partial charge in [-0.3, -0.25) is 9.59 Å². The van der Waals surface area contributed by atoms with Crippen LogP contribution < -0.4 is 15.4 Å². The van der Waals surface area contributed by atoms with Crippen LogP contribution >= 0.6 is 0 Å². The van der Waals surface area contributed by atoms with E-state index in [0.717, 1.165) is 5.56 Å². The Morgan fingerprint density at radius 1 is 0.962 bits per heavy atom. The van der Waals surface area contributed by atoms with Crippen LogP contribution in [0.4, 0.5) is 11.4 Å². The third-order valence-corrected chi connectivity index (χ3v) is 3.69. The van der Waals surface area contributed by atoms with E-state index in [4.69, 9.17) is 9.15 Å². The van der Waals surface area contributed by atoms with Crippen molar-refractivity contribution < 1.29 is 18.7 Å². The summed E-state index contributed by atoms with van der Waals surface area (Å²) in [6.45, 7) is 0. The van der Waals surface area contributed by atoms with E-state index in [9.17, 15) is 9.59 Å². The lowest BCUT2D eigenvalue weighted by Crippen LogP contribution is -2.15. The van der Waals surface area contributed by atoms with Gasteiger partial charge in [-0.25, -0.2) is 0 Å². The fraction of sp³-hybridized carbons (Fsp3) is 0.100. The van der Waals surface area contributed by atoms with E-state index in [1.165, 1.54) is 6.26 Å². The molecule has 2 N–H and O–H groups in total. The third kappa shape index (κ3) is 4.30. The van der Waals surface area contributed by atoms with Gasteiger partial charge in [0.15, 0.2) is 5.76 Å². The van der Waals surface area contributed by atoms with Crippen molar-refractivity contribution in [3.05, 3.63) is 78.3 Å². The summed E-state index contributed by atoms with van der Waals surface area (Å²) in [7, 11) is 1.57. The lowest BCUT2D eigenvalue weighted by atomic mass is 10.1. The van der Waals surface area contributed by atoms with Crippen LogP contribution in [0, 0.1) is 0 Å². The maximum absolute atomic E-state index is 12.3. The second-order valence-electron chi connectivity index (χ2n) is 5.55. The van der Waals surface area contributed by atoms with Crippen LogP contribution in [-0.4, -0.2) is 18.9 Å². The van der Waals surface area contributed by atoms with E-state index in [-0.39, 0.29) is 24.0 Å². The molecule has 1 heterocycles. The highest BCUT2D eigenvalue weighted by molar-refractivity contribution is 6.02. The van der Waals surface area contributed by atoms with Gasteiger partial charge in [0.25, 0.3) is 5.91 Å². The number of rotatable bonds is 6. The summed E-state index contributed by atoms with van der Waals surface area (Å²) in [5.41, 5.74) is 1.94. The molecule has 0 aliphatic rings. The molecule has 6 nitrogen and oxygen atoms in total. The molecule has 0 aliphatic carbocycles. The van der Waals surface area contributed by atoms with E-state index >= 15 is 0 Å². The second-order valence-corrected chi connectivity index (χ2v) is 5.55. The topological polar surface area (TPSA) is 80.6 Å². The van der Waals surface area contributed by atoms with Crippen LogP contribution in [0.1, 0.15) is 16.1 Å². The van der Waals surface area contributed by atoms with E-state index in [0.29, 0.717) is 17.1 Å². The van der Waals surface area contributed by atoms with Gasteiger partial charge in [-0.1, -0.05) is 24.3 Å². The molecule has 0 saturated carbocycles. The molecule has 0 saturated heterocycles. The van der Waals surface area contributed by atoms with Crippen LogP contribution in [-0.2, 0) is 11.2 Å². The van der Waals surface area contributed by atoms with Crippen molar-refractivity contribution >= 4 is 23.2 Å². The fourth-order valence-corrected chi connectivity index (χ4v) is 2.50. The van der Waals surface area contributed by atoms with Crippen LogP contribution in [0.25, 0.3) is 0 Å². The first-order valence-electron chi connectivity index (χ1n) is 8.02. The number of methoxy groups -OCH3 is 1. The molecule has 0 atom stereocenters. The Bertz CT molecular complexity index is 904. The molecule has 1 aromatic heterocycles. The van der Waals surface area contributed by atoms with Gasteiger partial charge in [-0.05, 0) is 36.4 Å². The van der Waals surface area contributed by atoms with Gasteiger partial charge in [0.1, 0.15) is 5.75 Å². The molecule has 132 valence electrons. The minimum absolute atomic E-state index is 0.177. The lowest BCUT2D eigenvalue weighted by molar-refractivity contribution is -0.115. The minimum atomic E-state index is -0.354. The van der Waals surface area contributed by atoms with Gasteiger partial charge in [-0.2, -0.15) is 0 Å². The van der Waals surface area contributed by atoms with Crippen molar-refractivity contribution in [3.63, 3.8) is 0 Å². The van der Waals surface area contributed by atoms with E-state index < -0.39 is 0 Å². The number of benzene rings is 2. The number of nitrogens with one attached hydrogen (secondary N) is 2. The number of furan rings is 1. The SMILES string of the molecule is COc1ccccc1CC(=O)Nc1cccc(NC(=O)c2ccco2)c1. The van der Waals surface area contributed by atoms with Crippen LogP contribution in [0.3, 0.4) is 0 Å². The molecule has 0 bridgehead atoms. The number of para-hydroxylation sites is 1. The highest BCUT2D eigenvalue weighted by Gasteiger charge is 2.11. The quantitative estimate of drug-likeness (QED) is 0.710. The maximum atomic E-state index is 12.3. The summed E-state index contributed by atoms with van der Waals surface area (Å²) in [5, 5.41) is 5.54. The summed E-state index contributed by atoms with van der Waals surface area (Å²) in [5.74, 6) is 0.356. The zero-order valence-electron chi connectivity index (χ0n) is 14.2.